The number of nitro benzene ring substituents is 1. The first-order valence-corrected chi connectivity index (χ1v) is 8.09. The summed E-state index contributed by atoms with van der Waals surface area (Å²) < 4.78 is 0. The van der Waals surface area contributed by atoms with Gasteiger partial charge in [-0.2, -0.15) is 0 Å². The molecular formula is C17H15N5O3S. The fourth-order valence-corrected chi connectivity index (χ4v) is 2.61. The molecule has 2 aromatic carbocycles. The number of H-pyrrole nitrogens is 1. The Labute approximate surface area is 153 Å². The topological polar surface area (TPSA) is 116 Å². The van der Waals surface area contributed by atoms with E-state index < -0.39 is 4.92 Å². The van der Waals surface area contributed by atoms with E-state index in [4.69, 9.17) is 12.2 Å². The van der Waals surface area contributed by atoms with Gasteiger partial charge in [-0.05, 0) is 30.8 Å². The van der Waals surface area contributed by atoms with Gasteiger partial charge in [-0.25, -0.2) is 0 Å². The largest absolute Gasteiger partial charge is 0.493 e. The van der Waals surface area contributed by atoms with Gasteiger partial charge in [0.1, 0.15) is 0 Å². The number of nitrogens with zero attached hydrogens (tertiary/aromatic N) is 3. The van der Waals surface area contributed by atoms with E-state index in [2.05, 4.69) is 20.5 Å². The summed E-state index contributed by atoms with van der Waals surface area (Å²) in [4.78, 5) is 13.1. The average Bonchev–Trinajstić information content (AvgIpc) is 2.92. The Hall–Kier alpha value is -3.33. The minimum atomic E-state index is -0.515. The van der Waals surface area contributed by atoms with Crippen LogP contribution in [-0.2, 0) is 6.54 Å². The number of nitrogens with one attached hydrogen (secondary N) is 2. The molecule has 0 saturated heterocycles. The quantitative estimate of drug-likeness (QED) is 0.275. The molecule has 1 heterocycles. The SMILES string of the molecule is Cc1cccc(CNC(=S)N=Nc2c(O)[nH]c3ccc([N+](=O)[O-])cc23)c1. The van der Waals surface area contributed by atoms with Crippen molar-refractivity contribution >= 4 is 39.6 Å². The summed E-state index contributed by atoms with van der Waals surface area (Å²) >= 11 is 5.12. The molecule has 9 heteroatoms. The zero-order chi connectivity index (χ0) is 18.7. The number of aromatic nitrogens is 1. The third-order valence-electron chi connectivity index (χ3n) is 3.71. The van der Waals surface area contributed by atoms with Gasteiger partial charge < -0.3 is 15.4 Å². The second-order valence-electron chi connectivity index (χ2n) is 5.66. The fraction of sp³-hybridized carbons (Fsp3) is 0.118. The monoisotopic (exact) mass is 369 g/mol. The summed E-state index contributed by atoms with van der Waals surface area (Å²) in [5, 5.41) is 32.2. The molecule has 0 unspecified atom stereocenters. The first kappa shape index (κ1) is 17.5. The van der Waals surface area contributed by atoms with Crippen molar-refractivity contribution in [2.45, 2.75) is 13.5 Å². The van der Waals surface area contributed by atoms with Crippen molar-refractivity contribution in [1.29, 1.82) is 0 Å². The molecule has 26 heavy (non-hydrogen) atoms. The number of benzene rings is 2. The van der Waals surface area contributed by atoms with Crippen LogP contribution in [0.3, 0.4) is 0 Å². The number of thiocarbonyl (C=S) groups is 1. The number of aromatic amines is 1. The summed E-state index contributed by atoms with van der Waals surface area (Å²) in [7, 11) is 0. The molecule has 0 spiro atoms. The Bertz CT molecular complexity index is 1030. The molecule has 8 nitrogen and oxygen atoms in total. The van der Waals surface area contributed by atoms with Crippen LogP contribution in [0, 0.1) is 17.0 Å². The number of hydrogen-bond acceptors (Lipinski definition) is 5. The van der Waals surface area contributed by atoms with Crippen LogP contribution in [0.1, 0.15) is 11.1 Å². The van der Waals surface area contributed by atoms with Crippen LogP contribution in [0.4, 0.5) is 11.4 Å². The zero-order valence-corrected chi connectivity index (χ0v) is 14.6. The van der Waals surface area contributed by atoms with Crippen molar-refractivity contribution in [3.8, 4) is 5.88 Å². The normalized spacial score (nSPS) is 11.1. The van der Waals surface area contributed by atoms with Gasteiger partial charge >= 0.3 is 0 Å². The van der Waals surface area contributed by atoms with Gasteiger partial charge in [0, 0.05) is 24.1 Å². The lowest BCUT2D eigenvalue weighted by Crippen LogP contribution is -2.18. The highest BCUT2D eigenvalue weighted by Gasteiger charge is 2.15. The number of azo groups is 1. The lowest BCUT2D eigenvalue weighted by Gasteiger charge is -2.04. The minimum absolute atomic E-state index is 0.100. The van der Waals surface area contributed by atoms with Gasteiger partial charge in [-0.15, -0.1) is 10.2 Å². The smallest absolute Gasteiger partial charge is 0.270 e. The first-order chi connectivity index (χ1) is 12.4. The highest BCUT2D eigenvalue weighted by atomic mass is 32.1. The van der Waals surface area contributed by atoms with Crippen molar-refractivity contribution in [3.05, 3.63) is 63.7 Å². The number of aryl methyl sites for hydroxylation is 1. The zero-order valence-electron chi connectivity index (χ0n) is 13.8. The average molecular weight is 369 g/mol. The lowest BCUT2D eigenvalue weighted by atomic mass is 10.1. The van der Waals surface area contributed by atoms with Crippen molar-refractivity contribution in [2.24, 2.45) is 10.2 Å². The molecule has 0 fully saturated rings. The molecule has 3 aromatic rings. The van der Waals surface area contributed by atoms with Crippen molar-refractivity contribution < 1.29 is 10.0 Å². The molecule has 132 valence electrons. The molecule has 0 aliphatic carbocycles. The highest BCUT2D eigenvalue weighted by molar-refractivity contribution is 7.80. The van der Waals surface area contributed by atoms with Crippen LogP contribution in [0.25, 0.3) is 10.9 Å². The van der Waals surface area contributed by atoms with E-state index >= 15 is 0 Å². The summed E-state index contributed by atoms with van der Waals surface area (Å²) in [5.41, 5.74) is 2.70. The van der Waals surface area contributed by atoms with Crippen molar-refractivity contribution in [3.63, 3.8) is 0 Å². The first-order valence-electron chi connectivity index (χ1n) is 7.68. The van der Waals surface area contributed by atoms with Gasteiger partial charge in [-0.1, -0.05) is 29.8 Å². The number of hydrogen-bond donors (Lipinski definition) is 3. The molecule has 0 aliphatic heterocycles. The Morgan fingerprint density at radius 1 is 1.35 bits per heavy atom. The van der Waals surface area contributed by atoms with Crippen molar-refractivity contribution in [1.82, 2.24) is 10.3 Å². The molecule has 3 N–H and O–H groups in total. The maximum Gasteiger partial charge on any atom is 0.270 e. The van der Waals surface area contributed by atoms with Crippen molar-refractivity contribution in [2.75, 3.05) is 0 Å². The second kappa shape index (κ2) is 7.28. The molecule has 0 atom stereocenters. The molecule has 0 amide bonds. The summed E-state index contributed by atoms with van der Waals surface area (Å²) in [6, 6.07) is 12.1. The standard InChI is InChI=1S/C17H15N5O3S/c1-10-3-2-4-11(7-10)9-18-17(26)21-20-15-13-8-12(22(24)25)5-6-14(13)19-16(15)23/h2-8,19,23H,9H2,1H3,(H,18,26). The van der Waals surface area contributed by atoms with E-state index in [1.807, 2.05) is 31.2 Å². The molecule has 0 bridgehead atoms. The third kappa shape index (κ3) is 3.83. The third-order valence-corrected chi connectivity index (χ3v) is 3.94. The maximum absolute atomic E-state index is 10.9. The molecule has 0 aliphatic rings. The number of rotatable bonds is 4. The van der Waals surface area contributed by atoms with Crippen LogP contribution in [0.15, 0.2) is 52.7 Å². The van der Waals surface area contributed by atoms with Gasteiger partial charge in [0.2, 0.25) is 11.0 Å². The van der Waals surface area contributed by atoms with Crippen LogP contribution < -0.4 is 5.32 Å². The number of aromatic hydroxyl groups is 1. The number of non-ortho nitro benzene ring substituents is 1. The van der Waals surface area contributed by atoms with Gasteiger partial charge in [0.15, 0.2) is 5.69 Å². The highest BCUT2D eigenvalue weighted by Crippen LogP contribution is 2.37. The van der Waals surface area contributed by atoms with Gasteiger partial charge in [-0.3, -0.25) is 10.1 Å². The molecule has 3 rings (SSSR count). The van der Waals surface area contributed by atoms with E-state index in [9.17, 15) is 15.2 Å². The summed E-state index contributed by atoms with van der Waals surface area (Å²) in [6.45, 7) is 2.49. The number of fused-ring (bicyclic) bond motifs is 1. The van der Waals surface area contributed by atoms with Crippen LogP contribution >= 0.6 is 12.2 Å². The van der Waals surface area contributed by atoms with Crippen LogP contribution in [0.2, 0.25) is 0 Å². The van der Waals surface area contributed by atoms with Crippen LogP contribution in [-0.4, -0.2) is 20.1 Å². The minimum Gasteiger partial charge on any atom is -0.493 e. The second-order valence-corrected chi connectivity index (χ2v) is 6.04. The van der Waals surface area contributed by atoms with Gasteiger partial charge in [0.05, 0.1) is 10.4 Å². The Kier molecular flexibility index (Phi) is 4.90. The predicted molar refractivity (Wildman–Crippen MR) is 102 cm³/mol. The summed E-state index contributed by atoms with van der Waals surface area (Å²) in [5.74, 6) is -0.231. The molecule has 0 radical (unpaired) electrons. The van der Waals surface area contributed by atoms with Crippen LogP contribution in [0.5, 0.6) is 5.88 Å². The van der Waals surface area contributed by atoms with E-state index in [0.29, 0.717) is 17.4 Å². The maximum atomic E-state index is 10.9. The predicted octanol–water partition coefficient (Wildman–Crippen LogP) is 4.25. The van der Waals surface area contributed by atoms with E-state index in [0.717, 1.165) is 11.1 Å². The molecule has 0 saturated carbocycles. The summed E-state index contributed by atoms with van der Waals surface area (Å²) in [6.07, 6.45) is 0. The van der Waals surface area contributed by atoms with E-state index in [1.165, 1.54) is 18.2 Å². The molecular weight excluding hydrogens is 354 g/mol. The number of nitro groups is 1. The Balaban J connectivity index is 1.77. The molecule has 1 aromatic heterocycles. The lowest BCUT2D eigenvalue weighted by molar-refractivity contribution is -0.384. The van der Waals surface area contributed by atoms with E-state index in [1.54, 1.807) is 0 Å². The van der Waals surface area contributed by atoms with E-state index in [-0.39, 0.29) is 22.4 Å². The van der Waals surface area contributed by atoms with Gasteiger partial charge in [0.25, 0.3) is 5.69 Å². The Morgan fingerprint density at radius 3 is 2.88 bits per heavy atom. The fourth-order valence-electron chi connectivity index (χ4n) is 2.50. The Morgan fingerprint density at radius 2 is 2.15 bits per heavy atom.